The number of hydrogen-bond donors (Lipinski definition) is 2. The summed E-state index contributed by atoms with van der Waals surface area (Å²) in [6, 6.07) is 14.4. The Bertz CT molecular complexity index is 773. The highest BCUT2D eigenvalue weighted by atomic mass is 16.5. The maximum atomic E-state index is 11.9. The predicted molar refractivity (Wildman–Crippen MR) is 98.4 cm³/mol. The average molecular weight is 355 g/mol. The molecule has 0 aromatic heterocycles. The number of methoxy groups -OCH3 is 2. The summed E-state index contributed by atoms with van der Waals surface area (Å²) in [6.45, 7) is -0.148. The Labute approximate surface area is 152 Å². The molecule has 0 unspecified atom stereocenters. The fourth-order valence-electron chi connectivity index (χ4n) is 2.11. The molecule has 7 nitrogen and oxygen atoms in total. The quantitative estimate of drug-likeness (QED) is 0.555. The third kappa shape index (κ3) is 6.27. The lowest BCUT2D eigenvalue weighted by Gasteiger charge is -2.05. The van der Waals surface area contributed by atoms with Crippen LogP contribution in [0, 0.1) is 0 Å². The molecule has 0 aliphatic rings. The van der Waals surface area contributed by atoms with Crippen molar-refractivity contribution in [3.05, 3.63) is 59.7 Å². The summed E-state index contributed by atoms with van der Waals surface area (Å²) < 4.78 is 10.2. The summed E-state index contributed by atoms with van der Waals surface area (Å²) in [5.74, 6) is 0.767. The maximum absolute atomic E-state index is 11.9. The van der Waals surface area contributed by atoms with Gasteiger partial charge in [-0.1, -0.05) is 24.3 Å². The summed E-state index contributed by atoms with van der Waals surface area (Å²) >= 11 is 0. The highest BCUT2D eigenvalue weighted by molar-refractivity contribution is 5.87. The Hall–Kier alpha value is -3.35. The Morgan fingerprint density at radius 2 is 1.73 bits per heavy atom. The number of rotatable bonds is 8. The zero-order valence-electron chi connectivity index (χ0n) is 14.7. The number of benzene rings is 2. The van der Waals surface area contributed by atoms with Crippen LogP contribution >= 0.6 is 0 Å². The normalized spacial score (nSPS) is 10.4. The number of nitrogens with zero attached hydrogens (tertiary/aromatic N) is 1. The van der Waals surface area contributed by atoms with E-state index in [2.05, 4.69) is 15.8 Å². The van der Waals surface area contributed by atoms with E-state index in [1.165, 1.54) is 6.21 Å². The summed E-state index contributed by atoms with van der Waals surface area (Å²) in [7, 11) is 3.16. The van der Waals surface area contributed by atoms with E-state index in [1.807, 2.05) is 18.2 Å². The van der Waals surface area contributed by atoms with Crippen molar-refractivity contribution in [2.45, 2.75) is 6.42 Å². The summed E-state index contributed by atoms with van der Waals surface area (Å²) in [4.78, 5) is 23.6. The molecule has 0 radical (unpaired) electrons. The van der Waals surface area contributed by atoms with Crippen molar-refractivity contribution >= 4 is 18.0 Å². The molecule has 0 saturated carbocycles. The number of hydrazone groups is 1. The molecule has 0 heterocycles. The van der Waals surface area contributed by atoms with Gasteiger partial charge in [0.15, 0.2) is 0 Å². The molecule has 2 N–H and O–H groups in total. The standard InChI is InChI=1S/C19H21N3O4/c1-25-16-8-6-14(7-9-16)11-18(23)20-13-19(24)22-21-12-15-4-3-5-17(10-15)26-2/h3-10,12H,11,13H2,1-2H3,(H,20,23)(H,22,24)/b21-12+. The van der Waals surface area contributed by atoms with E-state index in [0.29, 0.717) is 5.75 Å². The molecule has 0 spiro atoms. The second-order valence-electron chi connectivity index (χ2n) is 5.37. The first-order chi connectivity index (χ1) is 12.6. The Morgan fingerprint density at radius 1 is 1.00 bits per heavy atom. The largest absolute Gasteiger partial charge is 0.497 e. The van der Waals surface area contributed by atoms with Crippen LogP contribution < -0.4 is 20.2 Å². The number of carbonyl (C=O) groups excluding carboxylic acids is 2. The van der Waals surface area contributed by atoms with Gasteiger partial charge in [0.2, 0.25) is 5.91 Å². The Morgan fingerprint density at radius 3 is 2.42 bits per heavy atom. The number of hydrogen-bond acceptors (Lipinski definition) is 5. The molecule has 2 aromatic carbocycles. The zero-order valence-corrected chi connectivity index (χ0v) is 14.7. The molecule has 2 rings (SSSR count). The van der Waals surface area contributed by atoms with Crippen molar-refractivity contribution in [2.24, 2.45) is 5.10 Å². The van der Waals surface area contributed by atoms with Gasteiger partial charge in [-0.05, 0) is 35.4 Å². The van der Waals surface area contributed by atoms with Gasteiger partial charge in [-0.25, -0.2) is 5.43 Å². The van der Waals surface area contributed by atoms with Gasteiger partial charge in [0.05, 0.1) is 33.4 Å². The van der Waals surface area contributed by atoms with Gasteiger partial charge in [0, 0.05) is 0 Å². The number of carbonyl (C=O) groups is 2. The maximum Gasteiger partial charge on any atom is 0.259 e. The van der Waals surface area contributed by atoms with Crippen molar-refractivity contribution < 1.29 is 19.1 Å². The predicted octanol–water partition coefficient (Wildman–Crippen LogP) is 1.51. The van der Waals surface area contributed by atoms with Crippen LogP contribution in [0.1, 0.15) is 11.1 Å². The van der Waals surface area contributed by atoms with Crippen molar-refractivity contribution in [3.8, 4) is 11.5 Å². The van der Waals surface area contributed by atoms with Gasteiger partial charge < -0.3 is 14.8 Å². The van der Waals surface area contributed by atoms with Crippen molar-refractivity contribution in [1.29, 1.82) is 0 Å². The monoisotopic (exact) mass is 355 g/mol. The van der Waals surface area contributed by atoms with Gasteiger partial charge in [0.1, 0.15) is 11.5 Å². The van der Waals surface area contributed by atoms with Gasteiger partial charge in [-0.3, -0.25) is 9.59 Å². The van der Waals surface area contributed by atoms with Crippen LogP contribution in [0.3, 0.4) is 0 Å². The fraction of sp³-hybridized carbons (Fsp3) is 0.211. The number of nitrogens with one attached hydrogen (secondary N) is 2. The molecule has 0 saturated heterocycles. The molecular weight excluding hydrogens is 334 g/mol. The molecular formula is C19H21N3O4. The van der Waals surface area contributed by atoms with Crippen LogP contribution in [0.25, 0.3) is 0 Å². The molecule has 0 aliphatic carbocycles. The molecule has 2 aromatic rings. The summed E-state index contributed by atoms with van der Waals surface area (Å²) in [6.07, 6.45) is 1.68. The van der Waals surface area contributed by atoms with Crippen LogP contribution in [-0.4, -0.2) is 38.8 Å². The highest BCUT2D eigenvalue weighted by Gasteiger charge is 2.06. The lowest BCUT2D eigenvalue weighted by molar-refractivity contribution is -0.125. The molecule has 0 fully saturated rings. The fourth-order valence-corrected chi connectivity index (χ4v) is 2.11. The van der Waals surface area contributed by atoms with Crippen LogP contribution in [0.5, 0.6) is 11.5 Å². The zero-order chi connectivity index (χ0) is 18.8. The van der Waals surface area contributed by atoms with E-state index >= 15 is 0 Å². The second kappa shape index (κ2) is 9.83. The average Bonchev–Trinajstić information content (AvgIpc) is 2.67. The highest BCUT2D eigenvalue weighted by Crippen LogP contribution is 2.11. The SMILES string of the molecule is COc1ccc(CC(=O)NCC(=O)N/N=C/c2cccc(OC)c2)cc1. The number of amides is 2. The van der Waals surface area contributed by atoms with E-state index in [9.17, 15) is 9.59 Å². The van der Waals surface area contributed by atoms with Crippen molar-refractivity contribution in [3.63, 3.8) is 0 Å². The topological polar surface area (TPSA) is 89.0 Å². The molecule has 7 heteroatoms. The summed E-state index contributed by atoms with van der Waals surface area (Å²) in [5.41, 5.74) is 3.98. The molecule has 0 bridgehead atoms. The van der Waals surface area contributed by atoms with E-state index in [0.717, 1.165) is 16.9 Å². The van der Waals surface area contributed by atoms with E-state index in [-0.39, 0.29) is 18.9 Å². The molecule has 26 heavy (non-hydrogen) atoms. The van der Waals surface area contributed by atoms with Crippen LogP contribution in [0.2, 0.25) is 0 Å². The molecule has 0 atom stereocenters. The molecule has 0 aliphatic heterocycles. The van der Waals surface area contributed by atoms with Gasteiger partial charge >= 0.3 is 0 Å². The lowest BCUT2D eigenvalue weighted by Crippen LogP contribution is -2.35. The van der Waals surface area contributed by atoms with Gasteiger partial charge in [0.25, 0.3) is 5.91 Å². The van der Waals surface area contributed by atoms with Crippen molar-refractivity contribution in [2.75, 3.05) is 20.8 Å². The smallest absolute Gasteiger partial charge is 0.259 e. The third-order valence-electron chi connectivity index (χ3n) is 3.47. The Balaban J connectivity index is 1.73. The van der Waals surface area contributed by atoms with Gasteiger partial charge in [-0.15, -0.1) is 0 Å². The number of ether oxygens (including phenoxy) is 2. The van der Waals surface area contributed by atoms with Gasteiger partial charge in [-0.2, -0.15) is 5.10 Å². The second-order valence-corrected chi connectivity index (χ2v) is 5.37. The van der Waals surface area contributed by atoms with Crippen LogP contribution in [-0.2, 0) is 16.0 Å². The summed E-state index contributed by atoms with van der Waals surface area (Å²) in [5, 5.41) is 6.40. The minimum absolute atomic E-state index is 0.148. The minimum atomic E-state index is -0.410. The first-order valence-corrected chi connectivity index (χ1v) is 7.96. The van der Waals surface area contributed by atoms with E-state index in [4.69, 9.17) is 9.47 Å². The molecule has 136 valence electrons. The third-order valence-corrected chi connectivity index (χ3v) is 3.47. The van der Waals surface area contributed by atoms with E-state index in [1.54, 1.807) is 44.6 Å². The molecule has 2 amide bonds. The minimum Gasteiger partial charge on any atom is -0.497 e. The Kier molecular flexibility index (Phi) is 7.17. The van der Waals surface area contributed by atoms with Crippen molar-refractivity contribution in [1.82, 2.24) is 10.7 Å². The lowest BCUT2D eigenvalue weighted by atomic mass is 10.1. The van der Waals surface area contributed by atoms with Crippen LogP contribution in [0.15, 0.2) is 53.6 Å². The van der Waals surface area contributed by atoms with Crippen LogP contribution in [0.4, 0.5) is 0 Å². The van der Waals surface area contributed by atoms with E-state index < -0.39 is 5.91 Å². The first-order valence-electron chi connectivity index (χ1n) is 7.96. The first kappa shape index (κ1) is 19.0.